The molecule has 1 aromatic heterocycles. The van der Waals surface area contributed by atoms with Crippen LogP contribution in [0, 0.1) is 0 Å². The van der Waals surface area contributed by atoms with E-state index in [0.717, 1.165) is 21.3 Å². The monoisotopic (exact) mass is 355 g/mol. The normalized spacial score (nSPS) is 10.3. The van der Waals surface area contributed by atoms with Gasteiger partial charge in [-0.2, -0.15) is 0 Å². The maximum atomic E-state index is 4.25. The van der Waals surface area contributed by atoms with Gasteiger partial charge in [0.1, 0.15) is 12.1 Å². The molecule has 2 rings (SSSR count). The van der Waals surface area contributed by atoms with E-state index in [-0.39, 0.29) is 0 Å². The van der Waals surface area contributed by atoms with Gasteiger partial charge in [0.2, 0.25) is 0 Å². The summed E-state index contributed by atoms with van der Waals surface area (Å²) in [7, 11) is 2.01. The molecule has 0 bridgehead atoms. The van der Waals surface area contributed by atoms with E-state index in [1.54, 1.807) is 12.5 Å². The van der Waals surface area contributed by atoms with Gasteiger partial charge >= 0.3 is 0 Å². The molecule has 0 aliphatic rings. The molecule has 0 spiro atoms. The molecule has 0 saturated heterocycles. The highest BCUT2D eigenvalue weighted by Crippen LogP contribution is 2.22. The lowest BCUT2D eigenvalue weighted by Crippen LogP contribution is -2.18. The van der Waals surface area contributed by atoms with Gasteiger partial charge in [-0.05, 0) is 33.6 Å². The molecule has 1 aromatic carbocycles. The van der Waals surface area contributed by atoms with Gasteiger partial charge < -0.3 is 4.90 Å². The topological polar surface area (TPSA) is 29.0 Å². The van der Waals surface area contributed by atoms with Crippen LogP contribution in [0.5, 0.6) is 0 Å². The fraction of sp³-hybridized carbons (Fsp3) is 0.167. The molecule has 2 aromatic rings. The predicted octanol–water partition coefficient (Wildman–Crippen LogP) is 3.64. The Labute approximate surface area is 117 Å². The largest absolute Gasteiger partial charge is 0.354 e. The summed E-state index contributed by atoms with van der Waals surface area (Å²) in [5.41, 5.74) is 1.24. The van der Waals surface area contributed by atoms with Gasteiger partial charge in [0.05, 0.1) is 4.47 Å². The van der Waals surface area contributed by atoms with Gasteiger partial charge in [-0.25, -0.2) is 9.97 Å². The Hall–Kier alpha value is -0.940. The third-order valence-corrected chi connectivity index (χ3v) is 3.43. The number of rotatable bonds is 3. The third-order valence-electron chi connectivity index (χ3n) is 2.34. The minimum atomic E-state index is 0.808. The average Bonchev–Trinajstić information content (AvgIpc) is 2.32. The Balaban J connectivity index is 2.14. The van der Waals surface area contributed by atoms with Crippen molar-refractivity contribution < 1.29 is 0 Å². The Morgan fingerprint density at radius 1 is 1.18 bits per heavy atom. The van der Waals surface area contributed by atoms with E-state index < -0.39 is 0 Å². The number of anilines is 1. The molecule has 0 aliphatic carbocycles. The zero-order chi connectivity index (χ0) is 12.3. The minimum Gasteiger partial charge on any atom is -0.354 e. The van der Waals surface area contributed by atoms with E-state index in [1.807, 2.05) is 19.2 Å². The summed E-state index contributed by atoms with van der Waals surface area (Å²) in [5.74, 6) is 0.892. The lowest BCUT2D eigenvalue weighted by Gasteiger charge is -2.19. The lowest BCUT2D eigenvalue weighted by atomic mass is 10.2. The molecule has 1 heterocycles. The van der Waals surface area contributed by atoms with E-state index in [0.29, 0.717) is 0 Å². The first-order chi connectivity index (χ1) is 8.16. The van der Waals surface area contributed by atoms with Crippen molar-refractivity contribution in [2.45, 2.75) is 6.54 Å². The Morgan fingerprint density at radius 3 is 2.53 bits per heavy atom. The summed E-state index contributed by atoms with van der Waals surface area (Å²) >= 11 is 6.87. The van der Waals surface area contributed by atoms with Crippen molar-refractivity contribution in [3.63, 3.8) is 0 Å². The molecule has 3 nitrogen and oxygen atoms in total. The Morgan fingerprint density at radius 2 is 1.88 bits per heavy atom. The quantitative estimate of drug-likeness (QED) is 0.840. The lowest BCUT2D eigenvalue weighted by molar-refractivity contribution is 0.886. The van der Waals surface area contributed by atoms with Crippen LogP contribution in [0.15, 0.2) is 45.7 Å². The van der Waals surface area contributed by atoms with Crippen molar-refractivity contribution in [3.05, 3.63) is 51.3 Å². The molecule has 5 heteroatoms. The second kappa shape index (κ2) is 5.60. The van der Waals surface area contributed by atoms with E-state index >= 15 is 0 Å². The summed E-state index contributed by atoms with van der Waals surface area (Å²) in [5, 5.41) is 0. The van der Waals surface area contributed by atoms with Crippen LogP contribution in [0.25, 0.3) is 0 Å². The number of benzene rings is 1. The first-order valence-corrected chi connectivity index (χ1v) is 6.66. The maximum absolute atomic E-state index is 4.25. The highest BCUT2D eigenvalue weighted by molar-refractivity contribution is 9.10. The molecule has 0 radical (unpaired) electrons. The number of aromatic nitrogens is 2. The highest BCUT2D eigenvalue weighted by atomic mass is 79.9. The van der Waals surface area contributed by atoms with E-state index in [9.17, 15) is 0 Å². The van der Waals surface area contributed by atoms with E-state index in [1.165, 1.54) is 5.56 Å². The second-order valence-corrected chi connectivity index (χ2v) is 5.45. The second-order valence-electron chi connectivity index (χ2n) is 3.68. The molecular weight excluding hydrogens is 346 g/mol. The van der Waals surface area contributed by atoms with Crippen molar-refractivity contribution in [1.82, 2.24) is 9.97 Å². The van der Waals surface area contributed by atoms with Crippen LogP contribution >= 0.6 is 31.9 Å². The molecule has 0 unspecified atom stereocenters. The molecule has 0 aliphatic heterocycles. The Kier molecular flexibility index (Phi) is 4.12. The van der Waals surface area contributed by atoms with Crippen LogP contribution < -0.4 is 4.90 Å². The maximum Gasteiger partial charge on any atom is 0.146 e. The summed E-state index contributed by atoms with van der Waals surface area (Å²) < 4.78 is 1.99. The third kappa shape index (κ3) is 3.26. The van der Waals surface area contributed by atoms with Crippen molar-refractivity contribution >= 4 is 37.7 Å². The van der Waals surface area contributed by atoms with Crippen LogP contribution in [-0.4, -0.2) is 17.0 Å². The van der Waals surface area contributed by atoms with E-state index in [2.05, 4.69) is 58.9 Å². The van der Waals surface area contributed by atoms with Gasteiger partial charge in [0.25, 0.3) is 0 Å². The predicted molar refractivity (Wildman–Crippen MR) is 76.0 cm³/mol. The molecule has 0 fully saturated rings. The van der Waals surface area contributed by atoms with Gasteiger partial charge in [0.15, 0.2) is 0 Å². The van der Waals surface area contributed by atoms with Crippen molar-refractivity contribution in [1.29, 1.82) is 0 Å². The van der Waals surface area contributed by atoms with Gasteiger partial charge in [-0.15, -0.1) is 0 Å². The number of nitrogens with zero attached hydrogens (tertiary/aromatic N) is 3. The molecular formula is C12H11Br2N3. The summed E-state index contributed by atoms with van der Waals surface area (Å²) in [6.07, 6.45) is 3.30. The highest BCUT2D eigenvalue weighted by Gasteiger charge is 2.07. The minimum absolute atomic E-state index is 0.808. The van der Waals surface area contributed by atoms with Crippen molar-refractivity contribution in [2.75, 3.05) is 11.9 Å². The average molecular weight is 357 g/mol. The fourth-order valence-electron chi connectivity index (χ4n) is 1.53. The molecule has 0 atom stereocenters. The van der Waals surface area contributed by atoms with Crippen LogP contribution in [-0.2, 0) is 6.54 Å². The zero-order valence-electron chi connectivity index (χ0n) is 9.27. The Bertz CT molecular complexity index is 499. The first-order valence-electron chi connectivity index (χ1n) is 5.08. The molecule has 88 valence electrons. The van der Waals surface area contributed by atoms with Crippen LogP contribution in [0.2, 0.25) is 0 Å². The fourth-order valence-corrected chi connectivity index (χ4v) is 2.31. The SMILES string of the molecule is CN(Cc1ccc(Br)cc1)c1ncncc1Br. The zero-order valence-corrected chi connectivity index (χ0v) is 12.4. The van der Waals surface area contributed by atoms with Gasteiger partial charge in [-0.1, -0.05) is 28.1 Å². The van der Waals surface area contributed by atoms with Gasteiger partial charge in [-0.3, -0.25) is 0 Å². The molecule has 0 N–H and O–H groups in total. The summed E-state index contributed by atoms with van der Waals surface area (Å²) in [6.45, 7) is 0.808. The van der Waals surface area contributed by atoms with Crippen molar-refractivity contribution in [3.8, 4) is 0 Å². The molecule has 0 saturated carbocycles. The van der Waals surface area contributed by atoms with Gasteiger partial charge in [0, 0.05) is 24.3 Å². The standard InChI is InChI=1S/C12H11Br2N3/c1-17(12-11(14)6-15-8-16-12)7-9-2-4-10(13)5-3-9/h2-6,8H,7H2,1H3. The van der Waals surface area contributed by atoms with Crippen LogP contribution in [0.4, 0.5) is 5.82 Å². The van der Waals surface area contributed by atoms with Crippen LogP contribution in [0.1, 0.15) is 5.56 Å². The number of halogens is 2. The van der Waals surface area contributed by atoms with E-state index in [4.69, 9.17) is 0 Å². The molecule has 17 heavy (non-hydrogen) atoms. The summed E-state index contributed by atoms with van der Waals surface area (Å²) in [6, 6.07) is 8.27. The number of hydrogen-bond acceptors (Lipinski definition) is 3. The number of hydrogen-bond donors (Lipinski definition) is 0. The smallest absolute Gasteiger partial charge is 0.146 e. The van der Waals surface area contributed by atoms with Crippen LogP contribution in [0.3, 0.4) is 0 Å². The van der Waals surface area contributed by atoms with Crippen molar-refractivity contribution in [2.24, 2.45) is 0 Å². The first kappa shape index (κ1) is 12.5. The summed E-state index contributed by atoms with van der Waals surface area (Å²) in [4.78, 5) is 10.3. The molecule has 0 amide bonds.